The van der Waals surface area contributed by atoms with Crippen LogP contribution in [0, 0.1) is 18.8 Å². The monoisotopic (exact) mass is 398 g/mol. The van der Waals surface area contributed by atoms with Crippen LogP contribution < -0.4 is 0 Å². The number of esters is 1. The van der Waals surface area contributed by atoms with Crippen molar-refractivity contribution in [1.29, 1.82) is 0 Å². The molecule has 0 bridgehead atoms. The molecule has 1 aromatic carbocycles. The normalized spacial score (nSPS) is 18.3. The second kappa shape index (κ2) is 13.3. The molecule has 0 saturated heterocycles. The molecule has 0 radical (unpaired) electrons. The Kier molecular flexibility index (Phi) is 10.8. The minimum absolute atomic E-state index is 0.126. The Labute approximate surface area is 176 Å². The molecule has 0 unspecified atom stereocenters. The summed E-state index contributed by atoms with van der Waals surface area (Å²) >= 11 is 0. The van der Waals surface area contributed by atoms with E-state index < -0.39 is 0 Å². The number of benzene rings is 1. The largest absolute Gasteiger partial charge is 0.469 e. The number of methoxy groups -OCH3 is 1. The predicted molar refractivity (Wildman–Crippen MR) is 119 cm³/mol. The number of unbranched alkanes of at least 4 members (excludes halogenated alkanes) is 6. The molecule has 1 aromatic rings. The lowest BCUT2D eigenvalue weighted by molar-refractivity contribution is -0.140. The van der Waals surface area contributed by atoms with Gasteiger partial charge in [-0.25, -0.2) is 0 Å². The Bertz CT molecular complexity index is 644. The van der Waals surface area contributed by atoms with E-state index in [1.165, 1.54) is 50.3 Å². The van der Waals surface area contributed by atoms with E-state index in [2.05, 4.69) is 42.0 Å². The van der Waals surface area contributed by atoms with Crippen LogP contribution in [0.25, 0.3) is 0 Å². The van der Waals surface area contributed by atoms with E-state index in [9.17, 15) is 9.59 Å². The van der Waals surface area contributed by atoms with Crippen molar-refractivity contribution in [2.75, 3.05) is 7.11 Å². The van der Waals surface area contributed by atoms with Crippen molar-refractivity contribution < 1.29 is 14.3 Å². The van der Waals surface area contributed by atoms with Gasteiger partial charge in [0, 0.05) is 12.3 Å². The first-order valence-electron chi connectivity index (χ1n) is 11.4. The minimum atomic E-state index is -0.126. The SMILES string of the molecule is COC(=O)CCCCCC[C@@H]1C(=O)C=C[C@H]1CCCCCCc1ccc(C)cc1. The molecular weight excluding hydrogens is 360 g/mol. The average molecular weight is 399 g/mol. The first-order chi connectivity index (χ1) is 14.1. The molecule has 29 heavy (non-hydrogen) atoms. The fourth-order valence-corrected chi connectivity index (χ4v) is 4.25. The molecule has 0 N–H and O–H groups in total. The van der Waals surface area contributed by atoms with Crippen molar-refractivity contribution in [1.82, 2.24) is 0 Å². The van der Waals surface area contributed by atoms with Crippen LogP contribution in [0.2, 0.25) is 0 Å². The number of aryl methyl sites for hydroxylation is 2. The van der Waals surface area contributed by atoms with E-state index in [1.54, 1.807) is 0 Å². The maximum Gasteiger partial charge on any atom is 0.305 e. The molecule has 0 spiro atoms. The Morgan fingerprint density at radius 3 is 2.28 bits per heavy atom. The number of ketones is 1. The molecule has 1 aliphatic carbocycles. The van der Waals surface area contributed by atoms with Crippen LogP contribution in [0.5, 0.6) is 0 Å². The molecular formula is C26H38O3. The van der Waals surface area contributed by atoms with Crippen LogP contribution in [-0.2, 0) is 20.7 Å². The van der Waals surface area contributed by atoms with Crippen molar-refractivity contribution in [3.8, 4) is 0 Å². The van der Waals surface area contributed by atoms with Crippen molar-refractivity contribution in [3.63, 3.8) is 0 Å². The van der Waals surface area contributed by atoms with Gasteiger partial charge in [-0.2, -0.15) is 0 Å². The standard InChI is InChI=1S/C26H38O3/c1-21-15-17-22(18-16-21)11-7-3-4-8-12-23-19-20-25(27)24(23)13-9-5-6-10-14-26(28)29-2/h15-20,23-24H,3-14H2,1-2H3/t23-,24+/m1/s1. The molecule has 3 heteroatoms. The molecule has 0 saturated carbocycles. The van der Waals surface area contributed by atoms with Gasteiger partial charge in [0.2, 0.25) is 0 Å². The van der Waals surface area contributed by atoms with E-state index in [0.29, 0.717) is 18.1 Å². The second-order valence-corrected chi connectivity index (χ2v) is 8.50. The van der Waals surface area contributed by atoms with Gasteiger partial charge in [-0.15, -0.1) is 0 Å². The Balaban J connectivity index is 1.54. The number of hydrogen-bond acceptors (Lipinski definition) is 3. The molecule has 0 amide bonds. The molecule has 2 atom stereocenters. The van der Waals surface area contributed by atoms with Crippen LogP contribution >= 0.6 is 0 Å². The maximum absolute atomic E-state index is 12.2. The summed E-state index contributed by atoms with van der Waals surface area (Å²) in [5, 5.41) is 0. The lowest BCUT2D eigenvalue weighted by Crippen LogP contribution is -2.16. The molecule has 3 nitrogen and oxygen atoms in total. The average Bonchev–Trinajstić information content (AvgIpc) is 3.07. The topological polar surface area (TPSA) is 43.4 Å². The zero-order valence-corrected chi connectivity index (χ0v) is 18.3. The number of allylic oxidation sites excluding steroid dienone is 2. The minimum Gasteiger partial charge on any atom is -0.469 e. The van der Waals surface area contributed by atoms with Gasteiger partial charge in [0.1, 0.15) is 0 Å². The number of carbonyl (C=O) groups excluding carboxylic acids is 2. The highest BCUT2D eigenvalue weighted by Gasteiger charge is 2.28. The third-order valence-electron chi connectivity index (χ3n) is 6.14. The lowest BCUT2D eigenvalue weighted by atomic mass is 9.86. The Morgan fingerprint density at radius 1 is 0.897 bits per heavy atom. The zero-order chi connectivity index (χ0) is 20.9. The summed E-state index contributed by atoms with van der Waals surface area (Å²) in [6, 6.07) is 8.87. The van der Waals surface area contributed by atoms with E-state index in [4.69, 9.17) is 0 Å². The van der Waals surface area contributed by atoms with E-state index >= 15 is 0 Å². The zero-order valence-electron chi connectivity index (χ0n) is 18.3. The summed E-state index contributed by atoms with van der Waals surface area (Å²) < 4.78 is 4.66. The molecule has 0 heterocycles. The summed E-state index contributed by atoms with van der Waals surface area (Å²) in [7, 11) is 1.44. The van der Waals surface area contributed by atoms with E-state index in [-0.39, 0.29) is 11.9 Å². The van der Waals surface area contributed by atoms with Gasteiger partial charge in [-0.05, 0) is 56.6 Å². The summed E-state index contributed by atoms with van der Waals surface area (Å²) in [6.07, 6.45) is 16.8. The Morgan fingerprint density at radius 2 is 1.55 bits per heavy atom. The van der Waals surface area contributed by atoms with Crippen molar-refractivity contribution in [2.45, 2.75) is 84.0 Å². The highest BCUT2D eigenvalue weighted by Crippen LogP contribution is 2.31. The molecule has 160 valence electrons. The molecule has 1 aliphatic rings. The van der Waals surface area contributed by atoms with Gasteiger partial charge in [0.05, 0.1) is 7.11 Å². The Hall–Kier alpha value is -1.90. The third-order valence-corrected chi connectivity index (χ3v) is 6.14. The first-order valence-corrected chi connectivity index (χ1v) is 11.4. The van der Waals surface area contributed by atoms with Gasteiger partial charge in [0.25, 0.3) is 0 Å². The fourth-order valence-electron chi connectivity index (χ4n) is 4.25. The smallest absolute Gasteiger partial charge is 0.305 e. The number of rotatable bonds is 14. The predicted octanol–water partition coefficient (Wildman–Crippen LogP) is 6.37. The van der Waals surface area contributed by atoms with Gasteiger partial charge in [-0.1, -0.05) is 74.4 Å². The van der Waals surface area contributed by atoms with E-state index in [1.807, 2.05) is 6.08 Å². The van der Waals surface area contributed by atoms with Crippen LogP contribution in [0.1, 0.15) is 81.8 Å². The molecule has 0 aromatic heterocycles. The summed E-state index contributed by atoms with van der Waals surface area (Å²) in [4.78, 5) is 23.3. The van der Waals surface area contributed by atoms with Crippen molar-refractivity contribution >= 4 is 11.8 Å². The van der Waals surface area contributed by atoms with Crippen LogP contribution in [-0.4, -0.2) is 18.9 Å². The quantitative estimate of drug-likeness (QED) is 0.270. The fraction of sp³-hybridized carbons (Fsp3) is 0.615. The van der Waals surface area contributed by atoms with Crippen LogP contribution in [0.15, 0.2) is 36.4 Å². The van der Waals surface area contributed by atoms with Crippen LogP contribution in [0.3, 0.4) is 0 Å². The third kappa shape index (κ3) is 8.97. The lowest BCUT2D eigenvalue weighted by Gasteiger charge is -2.18. The summed E-state index contributed by atoms with van der Waals surface area (Å²) in [5.74, 6) is 0.834. The first kappa shape index (κ1) is 23.4. The second-order valence-electron chi connectivity index (χ2n) is 8.50. The number of hydrogen-bond donors (Lipinski definition) is 0. The summed E-state index contributed by atoms with van der Waals surface area (Å²) in [5.41, 5.74) is 2.76. The molecule has 0 aliphatic heterocycles. The highest BCUT2D eigenvalue weighted by atomic mass is 16.5. The highest BCUT2D eigenvalue weighted by molar-refractivity contribution is 5.94. The maximum atomic E-state index is 12.2. The van der Waals surface area contributed by atoms with Gasteiger partial charge in [0.15, 0.2) is 5.78 Å². The number of ether oxygens (including phenoxy) is 1. The van der Waals surface area contributed by atoms with Crippen molar-refractivity contribution in [3.05, 3.63) is 47.5 Å². The van der Waals surface area contributed by atoms with Gasteiger partial charge in [-0.3, -0.25) is 9.59 Å². The number of carbonyl (C=O) groups is 2. The van der Waals surface area contributed by atoms with Crippen LogP contribution in [0.4, 0.5) is 0 Å². The molecule has 0 fully saturated rings. The van der Waals surface area contributed by atoms with Crippen molar-refractivity contribution in [2.24, 2.45) is 11.8 Å². The summed E-state index contributed by atoms with van der Waals surface area (Å²) in [6.45, 7) is 2.13. The van der Waals surface area contributed by atoms with Gasteiger partial charge < -0.3 is 4.74 Å². The van der Waals surface area contributed by atoms with E-state index in [0.717, 1.165) is 38.5 Å². The van der Waals surface area contributed by atoms with Gasteiger partial charge >= 0.3 is 5.97 Å². The molecule has 2 rings (SSSR count).